The fourth-order valence-corrected chi connectivity index (χ4v) is 3.02. The van der Waals surface area contributed by atoms with E-state index >= 15 is 0 Å². The van der Waals surface area contributed by atoms with Crippen LogP contribution in [0.3, 0.4) is 0 Å². The molecule has 0 aliphatic rings. The molecule has 0 saturated carbocycles. The van der Waals surface area contributed by atoms with Gasteiger partial charge in [-0.05, 0) is 46.5 Å². The zero-order chi connectivity index (χ0) is 18.0. The average Bonchev–Trinajstić information content (AvgIpc) is 2.48. The van der Waals surface area contributed by atoms with Gasteiger partial charge in [-0.15, -0.1) is 6.58 Å². The Bertz CT molecular complexity index is 418. The van der Waals surface area contributed by atoms with Crippen molar-refractivity contribution in [1.82, 2.24) is 0 Å². The normalized spacial score (nSPS) is 17.4. The van der Waals surface area contributed by atoms with Crippen LogP contribution in [0.25, 0.3) is 0 Å². The van der Waals surface area contributed by atoms with Gasteiger partial charge in [-0.1, -0.05) is 38.2 Å². The highest BCUT2D eigenvalue weighted by Gasteiger charge is 2.34. The maximum absolute atomic E-state index is 12.4. The van der Waals surface area contributed by atoms with Crippen molar-refractivity contribution in [1.29, 1.82) is 0 Å². The summed E-state index contributed by atoms with van der Waals surface area (Å²) in [6, 6.07) is 0. The Kier molecular flexibility index (Phi) is 11.4. The van der Waals surface area contributed by atoms with Crippen LogP contribution < -0.4 is 0 Å². The Morgan fingerprint density at radius 1 is 1.35 bits per heavy atom. The molecule has 0 aromatic heterocycles. The third kappa shape index (κ3) is 8.10. The van der Waals surface area contributed by atoms with Crippen molar-refractivity contribution in [2.45, 2.75) is 45.8 Å². The minimum Gasteiger partial charge on any atom is -0.377 e. The van der Waals surface area contributed by atoms with Gasteiger partial charge < -0.3 is 9.26 Å². The monoisotopic (exact) mass is 336 g/mol. The fraction of sp³-hybridized carbons (Fsp3) is 0.611. The Balaban J connectivity index is 5.42. The highest BCUT2D eigenvalue weighted by molar-refractivity contribution is 7.77. The van der Waals surface area contributed by atoms with Crippen LogP contribution in [0.2, 0.25) is 0 Å². The zero-order valence-corrected chi connectivity index (χ0v) is 16.0. The SMILES string of the molecule is [B]P(C)O[C@H](C=C)[C@@H](OC)[C@@H](C(=O)C=C)/C(C)=C/CCC(C)C. The first-order valence-electron chi connectivity index (χ1n) is 7.91. The number of ether oxygens (including phenoxy) is 1. The zero-order valence-electron chi connectivity index (χ0n) is 15.1. The molecule has 0 amide bonds. The van der Waals surface area contributed by atoms with Crippen LogP contribution >= 0.6 is 8.03 Å². The summed E-state index contributed by atoms with van der Waals surface area (Å²) < 4.78 is 11.3. The molecule has 2 radical (unpaired) electrons. The molecule has 3 nitrogen and oxygen atoms in total. The number of hydrogen-bond acceptors (Lipinski definition) is 3. The molecule has 0 aliphatic heterocycles. The molecular formula is C18H30BO3P. The summed E-state index contributed by atoms with van der Waals surface area (Å²) in [5, 5.41) is 0. The van der Waals surface area contributed by atoms with Gasteiger partial charge in [0.15, 0.2) is 5.78 Å². The highest BCUT2D eigenvalue weighted by Crippen LogP contribution is 2.33. The summed E-state index contributed by atoms with van der Waals surface area (Å²) in [6.45, 7) is 15.5. The van der Waals surface area contributed by atoms with Gasteiger partial charge in [0.1, 0.15) is 19.8 Å². The molecule has 0 fully saturated rings. The molecule has 5 heteroatoms. The maximum Gasteiger partial charge on any atom is 0.164 e. The highest BCUT2D eigenvalue weighted by atomic mass is 31.1. The van der Waals surface area contributed by atoms with Crippen molar-refractivity contribution in [2.75, 3.05) is 13.8 Å². The minimum absolute atomic E-state index is 0.0805. The van der Waals surface area contributed by atoms with Crippen LogP contribution in [0, 0.1) is 11.8 Å². The lowest BCUT2D eigenvalue weighted by molar-refractivity contribution is -0.122. The second kappa shape index (κ2) is 11.8. The molecule has 4 atom stereocenters. The number of rotatable bonds is 12. The van der Waals surface area contributed by atoms with E-state index in [4.69, 9.17) is 16.8 Å². The Hall–Kier alpha value is -0.695. The third-order valence-electron chi connectivity index (χ3n) is 3.65. The summed E-state index contributed by atoms with van der Waals surface area (Å²) in [4.78, 5) is 12.4. The summed E-state index contributed by atoms with van der Waals surface area (Å²) in [6.07, 6.45) is 6.19. The Labute approximate surface area is 144 Å². The molecule has 0 rings (SSSR count). The lowest BCUT2D eigenvalue weighted by Crippen LogP contribution is -2.39. The predicted octanol–water partition coefficient (Wildman–Crippen LogP) is 4.44. The van der Waals surface area contributed by atoms with Crippen molar-refractivity contribution in [2.24, 2.45) is 11.8 Å². The second-order valence-corrected chi connectivity index (χ2v) is 7.36. The summed E-state index contributed by atoms with van der Waals surface area (Å²) in [5.41, 5.74) is 0.968. The number of ketones is 1. The molecule has 1 unspecified atom stereocenters. The van der Waals surface area contributed by atoms with E-state index in [0.29, 0.717) is 5.92 Å². The lowest BCUT2D eigenvalue weighted by atomic mass is 9.86. The van der Waals surface area contributed by atoms with Crippen molar-refractivity contribution in [3.63, 3.8) is 0 Å². The average molecular weight is 336 g/mol. The van der Waals surface area contributed by atoms with Gasteiger partial charge in [-0.25, -0.2) is 0 Å². The largest absolute Gasteiger partial charge is 0.377 e. The van der Waals surface area contributed by atoms with Crippen molar-refractivity contribution in [3.8, 4) is 0 Å². The second-order valence-electron chi connectivity index (χ2n) is 6.06. The topological polar surface area (TPSA) is 35.5 Å². The van der Waals surface area contributed by atoms with E-state index < -0.39 is 26.2 Å². The van der Waals surface area contributed by atoms with E-state index in [1.165, 1.54) is 6.08 Å². The first-order valence-corrected chi connectivity index (χ1v) is 9.69. The van der Waals surface area contributed by atoms with Gasteiger partial charge in [0.25, 0.3) is 0 Å². The number of carbonyl (C=O) groups is 1. The third-order valence-corrected chi connectivity index (χ3v) is 4.23. The van der Waals surface area contributed by atoms with E-state index in [-0.39, 0.29) is 5.78 Å². The molecule has 0 saturated heterocycles. The van der Waals surface area contributed by atoms with Crippen LogP contribution in [-0.4, -0.2) is 39.3 Å². The van der Waals surface area contributed by atoms with Gasteiger partial charge in [0.2, 0.25) is 0 Å². The van der Waals surface area contributed by atoms with E-state index in [1.807, 2.05) is 6.92 Å². The minimum atomic E-state index is -1.08. The van der Waals surface area contributed by atoms with Crippen molar-refractivity contribution >= 4 is 21.4 Å². The quantitative estimate of drug-likeness (QED) is 0.229. The van der Waals surface area contributed by atoms with E-state index in [1.54, 1.807) is 19.9 Å². The molecule has 0 heterocycles. The van der Waals surface area contributed by atoms with Gasteiger partial charge in [0.05, 0.1) is 5.92 Å². The van der Waals surface area contributed by atoms with Gasteiger partial charge in [-0.3, -0.25) is 4.79 Å². The first kappa shape index (κ1) is 22.3. The van der Waals surface area contributed by atoms with E-state index in [9.17, 15) is 4.79 Å². The molecule has 23 heavy (non-hydrogen) atoms. The van der Waals surface area contributed by atoms with Crippen LogP contribution in [0.1, 0.15) is 33.6 Å². The molecule has 0 aromatic rings. The van der Waals surface area contributed by atoms with Gasteiger partial charge in [0, 0.05) is 7.11 Å². The van der Waals surface area contributed by atoms with Gasteiger partial charge >= 0.3 is 0 Å². The Morgan fingerprint density at radius 3 is 2.35 bits per heavy atom. The lowest BCUT2D eigenvalue weighted by Gasteiger charge is -2.31. The molecule has 0 aromatic carbocycles. The first-order chi connectivity index (χ1) is 10.8. The maximum atomic E-state index is 12.4. The molecule has 0 bridgehead atoms. The Morgan fingerprint density at radius 2 is 1.96 bits per heavy atom. The summed E-state index contributed by atoms with van der Waals surface area (Å²) in [5.74, 6) is 0.0987. The van der Waals surface area contributed by atoms with Crippen LogP contribution in [-0.2, 0) is 14.1 Å². The fourth-order valence-electron chi connectivity index (χ4n) is 2.43. The van der Waals surface area contributed by atoms with E-state index in [2.05, 4.69) is 33.1 Å². The van der Waals surface area contributed by atoms with Gasteiger partial charge in [-0.2, -0.15) is 0 Å². The number of methoxy groups -OCH3 is 1. The predicted molar refractivity (Wildman–Crippen MR) is 101 cm³/mol. The number of allylic oxidation sites excluding steroid dienone is 2. The molecule has 0 aliphatic carbocycles. The van der Waals surface area contributed by atoms with Crippen molar-refractivity contribution in [3.05, 3.63) is 37.0 Å². The summed E-state index contributed by atoms with van der Waals surface area (Å²) >= 11 is 0. The molecular weight excluding hydrogens is 306 g/mol. The standard InChI is InChI=1S/C18H30BO3P/c1-8-15(20)17(14(5)12-10-11-13(3)4)18(21-6)16(9-2)22-23(7)19/h8-9,12-13,16-18H,1-2,10-11H2,3-7H3/b14-12+/t16-,17-,18-,23?/m1/s1. The van der Waals surface area contributed by atoms with Crippen LogP contribution in [0.4, 0.5) is 0 Å². The molecule has 0 N–H and O–H groups in total. The summed E-state index contributed by atoms with van der Waals surface area (Å²) in [7, 11) is 6.27. The number of carbonyl (C=O) groups excluding carboxylic acids is 1. The molecule has 128 valence electrons. The van der Waals surface area contributed by atoms with Crippen LogP contribution in [0.15, 0.2) is 37.0 Å². The van der Waals surface area contributed by atoms with Crippen LogP contribution in [0.5, 0.6) is 0 Å². The van der Waals surface area contributed by atoms with Crippen molar-refractivity contribution < 1.29 is 14.1 Å². The van der Waals surface area contributed by atoms with E-state index in [0.717, 1.165) is 18.4 Å². The number of hydrogen-bond donors (Lipinski definition) is 0. The smallest absolute Gasteiger partial charge is 0.164 e. The molecule has 0 spiro atoms.